The van der Waals surface area contributed by atoms with Crippen LogP contribution in [0.3, 0.4) is 0 Å². The highest BCUT2D eigenvalue weighted by atomic mass is 32.1. The molecule has 122 valence electrons. The number of aliphatic hydroxyl groups is 2. The largest absolute Gasteiger partial charge is 0.396 e. The molecule has 0 radical (unpaired) electrons. The molecule has 3 aromatic rings. The van der Waals surface area contributed by atoms with Crippen LogP contribution in [0.2, 0.25) is 0 Å². The first-order valence-electron chi connectivity index (χ1n) is 7.20. The van der Waals surface area contributed by atoms with Crippen molar-refractivity contribution in [1.29, 1.82) is 0 Å². The second kappa shape index (κ2) is 6.15. The van der Waals surface area contributed by atoms with Crippen molar-refractivity contribution in [3.63, 3.8) is 0 Å². The zero-order valence-corrected chi connectivity index (χ0v) is 13.5. The third kappa shape index (κ3) is 3.14. The van der Waals surface area contributed by atoms with Gasteiger partial charge in [0.05, 0.1) is 39.7 Å². The molecular weight excluding hydrogens is 314 g/mol. The van der Waals surface area contributed by atoms with Crippen molar-refractivity contribution in [2.45, 2.75) is 6.92 Å². The Balaban J connectivity index is 1.96. The van der Waals surface area contributed by atoms with E-state index >= 15 is 0 Å². The molecule has 0 aromatic carbocycles. The minimum atomic E-state index is -0.603. The Labute approximate surface area is 137 Å². The molecule has 8 heteroatoms. The predicted molar refractivity (Wildman–Crippen MR) is 92.4 cm³/mol. The average molecular weight is 333 g/mol. The standard InChI is InChI=1S/C15H19N5O2S/c1-15(7-21,8-22)6-17-10-5-13(16)19-11-4-12(23-14(10)11)9-2-3-18-20-9/h2-5,21-22H,6-8H2,1H3,(H,18,20)(H3,16,17,19). The van der Waals surface area contributed by atoms with Gasteiger partial charge in [-0.15, -0.1) is 11.3 Å². The van der Waals surface area contributed by atoms with E-state index in [0.29, 0.717) is 12.4 Å². The number of hydrogen-bond donors (Lipinski definition) is 5. The number of rotatable bonds is 6. The van der Waals surface area contributed by atoms with Crippen LogP contribution < -0.4 is 11.1 Å². The summed E-state index contributed by atoms with van der Waals surface area (Å²) in [6.45, 7) is 2.02. The Bertz CT molecular complexity index is 796. The summed E-state index contributed by atoms with van der Waals surface area (Å²) in [5.41, 5.74) is 7.86. The van der Waals surface area contributed by atoms with Crippen molar-refractivity contribution in [3.8, 4) is 10.6 Å². The van der Waals surface area contributed by atoms with Crippen molar-refractivity contribution in [2.24, 2.45) is 5.41 Å². The lowest BCUT2D eigenvalue weighted by Crippen LogP contribution is -2.34. The molecule has 0 bridgehead atoms. The van der Waals surface area contributed by atoms with Crippen molar-refractivity contribution in [1.82, 2.24) is 15.2 Å². The molecule has 0 spiro atoms. The fourth-order valence-corrected chi connectivity index (χ4v) is 3.23. The molecule has 23 heavy (non-hydrogen) atoms. The number of nitrogens with zero attached hydrogens (tertiary/aromatic N) is 2. The normalized spacial score (nSPS) is 12.0. The summed E-state index contributed by atoms with van der Waals surface area (Å²) in [4.78, 5) is 5.39. The molecule has 0 fully saturated rings. The van der Waals surface area contributed by atoms with Crippen LogP contribution in [0.4, 0.5) is 11.5 Å². The average Bonchev–Trinajstić information content (AvgIpc) is 3.20. The summed E-state index contributed by atoms with van der Waals surface area (Å²) < 4.78 is 0.974. The molecule has 6 N–H and O–H groups in total. The summed E-state index contributed by atoms with van der Waals surface area (Å²) in [5.74, 6) is 0.420. The van der Waals surface area contributed by atoms with E-state index in [-0.39, 0.29) is 13.2 Å². The molecule has 0 amide bonds. The Morgan fingerprint density at radius 2 is 2.13 bits per heavy atom. The van der Waals surface area contributed by atoms with Crippen molar-refractivity contribution < 1.29 is 10.2 Å². The quantitative estimate of drug-likeness (QED) is 0.468. The molecule has 0 saturated carbocycles. The second-order valence-corrected chi connectivity index (χ2v) is 6.92. The van der Waals surface area contributed by atoms with Crippen LogP contribution in [0.1, 0.15) is 6.92 Å². The van der Waals surface area contributed by atoms with Gasteiger partial charge < -0.3 is 21.3 Å². The van der Waals surface area contributed by atoms with Crippen LogP contribution in [0.15, 0.2) is 24.4 Å². The van der Waals surface area contributed by atoms with Crippen molar-refractivity contribution in [3.05, 3.63) is 24.4 Å². The van der Waals surface area contributed by atoms with Gasteiger partial charge in [-0.25, -0.2) is 4.98 Å². The van der Waals surface area contributed by atoms with Crippen molar-refractivity contribution >= 4 is 33.1 Å². The first-order chi connectivity index (χ1) is 11.0. The monoisotopic (exact) mass is 333 g/mol. The number of H-pyrrole nitrogens is 1. The maximum absolute atomic E-state index is 9.41. The number of thiophene rings is 1. The molecule has 7 nitrogen and oxygen atoms in total. The van der Waals surface area contributed by atoms with Gasteiger partial charge in [-0.2, -0.15) is 5.10 Å². The number of nitrogens with one attached hydrogen (secondary N) is 2. The molecule has 0 saturated heterocycles. The Morgan fingerprint density at radius 1 is 1.35 bits per heavy atom. The molecule has 0 aliphatic heterocycles. The van der Waals surface area contributed by atoms with Gasteiger partial charge >= 0.3 is 0 Å². The zero-order chi connectivity index (χ0) is 16.4. The molecule has 0 aliphatic carbocycles. The van der Waals surface area contributed by atoms with Gasteiger partial charge in [0, 0.05) is 24.2 Å². The maximum atomic E-state index is 9.41. The first kappa shape index (κ1) is 15.7. The number of hydrogen-bond acceptors (Lipinski definition) is 7. The topological polar surface area (TPSA) is 120 Å². The van der Waals surface area contributed by atoms with E-state index < -0.39 is 5.41 Å². The third-order valence-corrected chi connectivity index (χ3v) is 4.92. The third-order valence-electron chi connectivity index (χ3n) is 3.73. The van der Waals surface area contributed by atoms with E-state index in [1.807, 2.05) is 19.1 Å². The number of nitrogen functional groups attached to an aromatic ring is 1. The molecule has 0 atom stereocenters. The van der Waals surface area contributed by atoms with Gasteiger partial charge in [0.25, 0.3) is 0 Å². The Kier molecular flexibility index (Phi) is 4.20. The maximum Gasteiger partial charge on any atom is 0.126 e. The van der Waals surface area contributed by atoms with E-state index in [2.05, 4.69) is 20.5 Å². The van der Waals surface area contributed by atoms with Gasteiger partial charge in [0.15, 0.2) is 0 Å². The number of anilines is 2. The Hall–Kier alpha value is -2.16. The summed E-state index contributed by atoms with van der Waals surface area (Å²) >= 11 is 1.58. The van der Waals surface area contributed by atoms with E-state index in [1.54, 1.807) is 23.6 Å². The fraction of sp³-hybridized carbons (Fsp3) is 0.333. The molecular formula is C15H19N5O2S. The van der Waals surface area contributed by atoms with Crippen LogP contribution in [0.5, 0.6) is 0 Å². The van der Waals surface area contributed by atoms with Gasteiger partial charge in [0.1, 0.15) is 5.82 Å². The van der Waals surface area contributed by atoms with Crippen molar-refractivity contribution in [2.75, 3.05) is 30.8 Å². The summed E-state index contributed by atoms with van der Waals surface area (Å²) in [7, 11) is 0. The van der Waals surface area contributed by atoms with Gasteiger partial charge in [-0.1, -0.05) is 6.92 Å². The fourth-order valence-electron chi connectivity index (χ4n) is 2.17. The van der Waals surface area contributed by atoms with Gasteiger partial charge in [-0.3, -0.25) is 5.10 Å². The number of nitrogens with two attached hydrogens (primary N) is 1. The lowest BCUT2D eigenvalue weighted by molar-refractivity contribution is 0.0807. The lowest BCUT2D eigenvalue weighted by Gasteiger charge is -2.25. The minimum Gasteiger partial charge on any atom is -0.396 e. The van der Waals surface area contributed by atoms with Crippen LogP contribution in [-0.4, -0.2) is 45.2 Å². The molecule has 3 heterocycles. The highest BCUT2D eigenvalue weighted by Gasteiger charge is 2.23. The van der Waals surface area contributed by atoms with Crippen LogP contribution >= 0.6 is 11.3 Å². The van der Waals surface area contributed by atoms with E-state index in [1.165, 1.54) is 0 Å². The second-order valence-electron chi connectivity index (χ2n) is 5.87. The summed E-state index contributed by atoms with van der Waals surface area (Å²) in [6, 6.07) is 5.63. The number of aromatic nitrogens is 3. The number of aliphatic hydroxyl groups excluding tert-OH is 2. The number of aromatic amines is 1. The predicted octanol–water partition coefficient (Wildman–Crippen LogP) is 1.67. The highest BCUT2D eigenvalue weighted by molar-refractivity contribution is 7.22. The molecule has 0 unspecified atom stereocenters. The van der Waals surface area contributed by atoms with Crippen LogP contribution in [0.25, 0.3) is 20.8 Å². The Morgan fingerprint density at radius 3 is 2.78 bits per heavy atom. The minimum absolute atomic E-state index is 0.107. The molecule has 3 aromatic heterocycles. The van der Waals surface area contributed by atoms with Gasteiger partial charge in [-0.05, 0) is 12.1 Å². The molecule has 3 rings (SSSR count). The SMILES string of the molecule is CC(CO)(CO)CNc1cc(N)nc2cc(-c3ccn[nH]3)sc12. The molecule has 0 aliphatic rings. The van der Waals surface area contributed by atoms with Gasteiger partial charge in [0.2, 0.25) is 0 Å². The highest BCUT2D eigenvalue weighted by Crippen LogP contribution is 2.37. The number of fused-ring (bicyclic) bond motifs is 1. The van der Waals surface area contributed by atoms with E-state index in [0.717, 1.165) is 26.5 Å². The first-order valence-corrected chi connectivity index (χ1v) is 8.02. The summed E-state index contributed by atoms with van der Waals surface area (Å²) in [5, 5.41) is 29.0. The zero-order valence-electron chi connectivity index (χ0n) is 12.7. The van der Waals surface area contributed by atoms with Crippen LogP contribution in [0, 0.1) is 5.41 Å². The van der Waals surface area contributed by atoms with E-state index in [9.17, 15) is 10.2 Å². The summed E-state index contributed by atoms with van der Waals surface area (Å²) in [6.07, 6.45) is 1.70. The number of pyridine rings is 1. The van der Waals surface area contributed by atoms with E-state index in [4.69, 9.17) is 5.73 Å². The van der Waals surface area contributed by atoms with Crippen LogP contribution in [-0.2, 0) is 0 Å². The lowest BCUT2D eigenvalue weighted by atomic mass is 9.93. The smallest absolute Gasteiger partial charge is 0.126 e.